The lowest BCUT2D eigenvalue weighted by molar-refractivity contribution is -0.384. The molecule has 8 heteroatoms. The van der Waals surface area contributed by atoms with Crippen LogP contribution < -0.4 is 0 Å². The van der Waals surface area contributed by atoms with E-state index in [1.807, 2.05) is 0 Å². The molecule has 1 saturated heterocycles. The quantitative estimate of drug-likeness (QED) is 0.667. The van der Waals surface area contributed by atoms with Crippen LogP contribution in [0.3, 0.4) is 0 Å². The van der Waals surface area contributed by atoms with E-state index in [4.69, 9.17) is 5.11 Å². The second kappa shape index (κ2) is 5.24. The summed E-state index contributed by atoms with van der Waals surface area (Å²) in [7, 11) is 0. The molecule has 2 rings (SSSR count). The van der Waals surface area contributed by atoms with Crippen molar-refractivity contribution in [2.75, 3.05) is 6.54 Å². The van der Waals surface area contributed by atoms with Crippen molar-refractivity contribution in [1.29, 1.82) is 0 Å². The smallest absolute Gasteiger partial charge is 0.326 e. The molecule has 106 valence electrons. The van der Waals surface area contributed by atoms with Crippen molar-refractivity contribution < 1.29 is 24.0 Å². The summed E-state index contributed by atoms with van der Waals surface area (Å²) >= 11 is 0. The van der Waals surface area contributed by atoms with Gasteiger partial charge in [0.05, 0.1) is 10.5 Å². The van der Waals surface area contributed by atoms with Gasteiger partial charge in [0.15, 0.2) is 0 Å². The van der Waals surface area contributed by atoms with E-state index >= 15 is 0 Å². The van der Waals surface area contributed by atoms with Crippen molar-refractivity contribution in [3.05, 3.63) is 39.7 Å². The third-order valence-electron chi connectivity index (χ3n) is 3.19. The van der Waals surface area contributed by atoms with Crippen LogP contribution in [0, 0.1) is 15.9 Å². The third-order valence-corrected chi connectivity index (χ3v) is 3.19. The molecule has 1 atom stereocenters. The number of carbonyl (C=O) groups excluding carboxylic acids is 1. The number of carboxylic acids is 1. The van der Waals surface area contributed by atoms with E-state index in [2.05, 4.69) is 0 Å². The Kier molecular flexibility index (Phi) is 3.64. The second-order valence-corrected chi connectivity index (χ2v) is 4.42. The highest BCUT2D eigenvalue weighted by atomic mass is 19.1. The Balaban J connectivity index is 2.35. The molecule has 1 aromatic carbocycles. The Labute approximate surface area is 112 Å². The fourth-order valence-corrected chi connectivity index (χ4v) is 2.21. The fraction of sp³-hybridized carbons (Fsp3) is 0.333. The first kappa shape index (κ1) is 13.9. The Morgan fingerprint density at radius 3 is 2.75 bits per heavy atom. The minimum absolute atomic E-state index is 0.192. The predicted molar refractivity (Wildman–Crippen MR) is 64.7 cm³/mol. The number of benzene rings is 1. The maximum atomic E-state index is 13.6. The summed E-state index contributed by atoms with van der Waals surface area (Å²) in [4.78, 5) is 34.1. The van der Waals surface area contributed by atoms with Gasteiger partial charge in [0, 0.05) is 18.7 Å². The molecule has 0 bridgehead atoms. The van der Waals surface area contributed by atoms with E-state index < -0.39 is 39.9 Å². The van der Waals surface area contributed by atoms with Crippen LogP contribution in [-0.4, -0.2) is 39.4 Å². The van der Waals surface area contributed by atoms with Gasteiger partial charge in [0.1, 0.15) is 11.9 Å². The lowest BCUT2D eigenvalue weighted by atomic mass is 10.1. The number of hydrogen-bond donors (Lipinski definition) is 1. The summed E-state index contributed by atoms with van der Waals surface area (Å²) in [6.07, 6.45) is 0.789. The largest absolute Gasteiger partial charge is 0.480 e. The number of halogens is 1. The zero-order valence-electron chi connectivity index (χ0n) is 10.3. The van der Waals surface area contributed by atoms with E-state index in [9.17, 15) is 24.1 Å². The number of rotatable bonds is 3. The number of carbonyl (C=O) groups is 2. The third kappa shape index (κ3) is 2.44. The van der Waals surface area contributed by atoms with E-state index in [0.717, 1.165) is 23.1 Å². The van der Waals surface area contributed by atoms with Crippen molar-refractivity contribution in [3.8, 4) is 0 Å². The van der Waals surface area contributed by atoms with E-state index in [0.29, 0.717) is 6.42 Å². The topological polar surface area (TPSA) is 101 Å². The van der Waals surface area contributed by atoms with Crippen molar-refractivity contribution in [3.63, 3.8) is 0 Å². The van der Waals surface area contributed by atoms with E-state index in [-0.39, 0.29) is 13.0 Å². The number of likely N-dealkylation sites (tertiary alicyclic amines) is 1. The first-order chi connectivity index (χ1) is 9.41. The van der Waals surface area contributed by atoms with Gasteiger partial charge in [-0.25, -0.2) is 9.18 Å². The molecular weight excluding hydrogens is 271 g/mol. The molecule has 0 unspecified atom stereocenters. The minimum Gasteiger partial charge on any atom is -0.480 e. The number of hydrogen-bond acceptors (Lipinski definition) is 4. The average Bonchev–Trinajstić information content (AvgIpc) is 2.87. The van der Waals surface area contributed by atoms with Gasteiger partial charge in [-0.05, 0) is 18.9 Å². The zero-order valence-corrected chi connectivity index (χ0v) is 10.3. The molecule has 1 aliphatic rings. The van der Waals surface area contributed by atoms with E-state index in [1.54, 1.807) is 0 Å². The summed E-state index contributed by atoms with van der Waals surface area (Å²) in [6.45, 7) is 0.192. The maximum absolute atomic E-state index is 13.6. The van der Waals surface area contributed by atoms with Crippen LogP contribution in [0.5, 0.6) is 0 Å². The Hall–Kier alpha value is -2.51. The van der Waals surface area contributed by atoms with Crippen molar-refractivity contribution in [2.45, 2.75) is 18.9 Å². The van der Waals surface area contributed by atoms with Crippen molar-refractivity contribution in [1.82, 2.24) is 4.90 Å². The number of nitro groups is 1. The van der Waals surface area contributed by atoms with Crippen LogP contribution in [0.25, 0.3) is 0 Å². The van der Waals surface area contributed by atoms with Gasteiger partial charge in [-0.3, -0.25) is 14.9 Å². The highest BCUT2D eigenvalue weighted by Crippen LogP contribution is 2.24. The molecule has 0 aromatic heterocycles. The van der Waals surface area contributed by atoms with Crippen molar-refractivity contribution >= 4 is 17.6 Å². The lowest BCUT2D eigenvalue weighted by Crippen LogP contribution is -2.40. The molecule has 0 spiro atoms. The molecule has 7 nitrogen and oxygen atoms in total. The molecule has 1 aromatic rings. The highest BCUT2D eigenvalue weighted by molar-refractivity contribution is 5.97. The Morgan fingerprint density at radius 2 is 2.15 bits per heavy atom. The van der Waals surface area contributed by atoms with Crippen LogP contribution in [0.1, 0.15) is 23.2 Å². The molecule has 1 aliphatic heterocycles. The highest BCUT2D eigenvalue weighted by Gasteiger charge is 2.35. The van der Waals surface area contributed by atoms with Gasteiger partial charge in [-0.2, -0.15) is 0 Å². The predicted octanol–water partition coefficient (Wildman–Crippen LogP) is 1.42. The Morgan fingerprint density at radius 1 is 1.45 bits per heavy atom. The van der Waals surface area contributed by atoms with Crippen LogP contribution in [0.2, 0.25) is 0 Å². The maximum Gasteiger partial charge on any atom is 0.326 e. The molecule has 1 N–H and O–H groups in total. The molecule has 0 radical (unpaired) electrons. The molecule has 1 amide bonds. The monoisotopic (exact) mass is 282 g/mol. The first-order valence-electron chi connectivity index (χ1n) is 5.89. The number of aliphatic carboxylic acids is 1. The van der Waals surface area contributed by atoms with E-state index in [1.165, 1.54) is 0 Å². The number of amides is 1. The number of non-ortho nitro benzene ring substituents is 1. The van der Waals surface area contributed by atoms with Gasteiger partial charge < -0.3 is 10.0 Å². The van der Waals surface area contributed by atoms with Crippen molar-refractivity contribution in [2.24, 2.45) is 0 Å². The second-order valence-electron chi connectivity index (χ2n) is 4.42. The van der Waals surface area contributed by atoms with Gasteiger partial charge >= 0.3 is 5.97 Å². The molecule has 1 heterocycles. The number of nitrogens with zero attached hydrogens (tertiary/aromatic N) is 2. The van der Waals surface area contributed by atoms with Crippen LogP contribution in [0.15, 0.2) is 18.2 Å². The van der Waals surface area contributed by atoms with Gasteiger partial charge in [-0.1, -0.05) is 0 Å². The van der Waals surface area contributed by atoms with Crippen LogP contribution in [0.4, 0.5) is 10.1 Å². The summed E-state index contributed by atoms with van der Waals surface area (Å²) in [6, 6.07) is 1.60. The fourth-order valence-electron chi connectivity index (χ4n) is 2.21. The van der Waals surface area contributed by atoms with Gasteiger partial charge in [-0.15, -0.1) is 0 Å². The molecular formula is C12H11FN2O5. The van der Waals surface area contributed by atoms with Crippen LogP contribution in [-0.2, 0) is 4.79 Å². The SMILES string of the molecule is O=C(O)[C@@H]1CCCN1C(=O)c1cc([N+](=O)[O-])ccc1F. The van der Waals surface area contributed by atoms with Gasteiger partial charge in [0.25, 0.3) is 11.6 Å². The molecule has 1 fully saturated rings. The first-order valence-corrected chi connectivity index (χ1v) is 5.89. The Bertz CT molecular complexity index is 589. The standard InChI is InChI=1S/C12H11FN2O5/c13-9-4-3-7(15(19)20)6-8(9)11(16)14-5-1-2-10(14)12(17)18/h3-4,6,10H,1-2,5H2,(H,17,18)/t10-/m0/s1. The average molecular weight is 282 g/mol. The van der Waals surface area contributed by atoms with Gasteiger partial charge in [0.2, 0.25) is 0 Å². The number of nitro benzene ring substituents is 1. The summed E-state index contributed by atoms with van der Waals surface area (Å²) < 4.78 is 13.6. The minimum atomic E-state index is -1.17. The summed E-state index contributed by atoms with van der Waals surface area (Å²) in [5, 5.41) is 19.6. The van der Waals surface area contributed by atoms with Crippen LogP contribution >= 0.6 is 0 Å². The summed E-state index contributed by atoms with van der Waals surface area (Å²) in [5.74, 6) is -2.91. The molecule has 0 aliphatic carbocycles. The normalized spacial score (nSPS) is 18.1. The lowest BCUT2D eigenvalue weighted by Gasteiger charge is -2.21. The number of carboxylic acid groups (broad SMARTS) is 1. The summed E-state index contributed by atoms with van der Waals surface area (Å²) in [5.41, 5.74) is -0.895. The molecule has 20 heavy (non-hydrogen) atoms. The zero-order chi connectivity index (χ0) is 14.9. The molecule has 0 saturated carbocycles.